The van der Waals surface area contributed by atoms with E-state index < -0.39 is 0 Å². The zero-order valence-electron chi connectivity index (χ0n) is 17.5. The van der Waals surface area contributed by atoms with Gasteiger partial charge in [0.15, 0.2) is 0 Å². The molecule has 9 nitrogen and oxygen atoms in total. The molecule has 0 aliphatic carbocycles. The Hall–Kier alpha value is -4.01. The fourth-order valence-electron chi connectivity index (χ4n) is 4.02. The SMILES string of the molecule is COC(=O)c1ccc2[nH]c3c(c2c1)CN(C(=O)CCc1nc(-c2ccncc2)no1)CC3. The van der Waals surface area contributed by atoms with Crippen molar-refractivity contribution in [3.8, 4) is 11.4 Å². The molecule has 4 heterocycles. The highest BCUT2D eigenvalue weighted by Gasteiger charge is 2.25. The number of benzene rings is 1. The maximum Gasteiger partial charge on any atom is 0.337 e. The Labute approximate surface area is 183 Å². The number of aryl methyl sites for hydroxylation is 1. The third kappa shape index (κ3) is 3.73. The number of H-pyrrole nitrogens is 1. The molecule has 3 aromatic heterocycles. The fourth-order valence-corrected chi connectivity index (χ4v) is 4.02. The van der Waals surface area contributed by atoms with Gasteiger partial charge in [0.25, 0.3) is 0 Å². The predicted molar refractivity (Wildman–Crippen MR) is 115 cm³/mol. The molecule has 1 aliphatic heterocycles. The molecule has 5 rings (SSSR count). The second kappa shape index (κ2) is 8.26. The van der Waals surface area contributed by atoms with E-state index in [2.05, 4.69) is 20.1 Å². The van der Waals surface area contributed by atoms with Crippen LogP contribution in [0.25, 0.3) is 22.3 Å². The maximum absolute atomic E-state index is 12.9. The molecule has 4 aromatic rings. The Morgan fingerprint density at radius 1 is 1.22 bits per heavy atom. The zero-order chi connectivity index (χ0) is 22.1. The summed E-state index contributed by atoms with van der Waals surface area (Å²) in [4.78, 5) is 38.4. The van der Waals surface area contributed by atoms with Crippen LogP contribution < -0.4 is 0 Å². The third-order valence-corrected chi connectivity index (χ3v) is 5.71. The summed E-state index contributed by atoms with van der Waals surface area (Å²) >= 11 is 0. The fraction of sp³-hybridized carbons (Fsp3) is 0.261. The van der Waals surface area contributed by atoms with E-state index in [1.165, 1.54) is 7.11 Å². The number of carbonyl (C=O) groups excluding carboxylic acids is 2. The van der Waals surface area contributed by atoms with E-state index in [-0.39, 0.29) is 18.3 Å². The largest absolute Gasteiger partial charge is 0.465 e. The number of esters is 1. The Morgan fingerprint density at radius 2 is 2.06 bits per heavy atom. The highest BCUT2D eigenvalue weighted by Crippen LogP contribution is 2.29. The lowest BCUT2D eigenvalue weighted by Gasteiger charge is -2.27. The predicted octanol–water partition coefficient (Wildman–Crippen LogP) is 2.92. The van der Waals surface area contributed by atoms with Crippen LogP contribution in [0.5, 0.6) is 0 Å². The number of pyridine rings is 1. The molecule has 1 N–H and O–H groups in total. The highest BCUT2D eigenvalue weighted by molar-refractivity contribution is 5.96. The van der Waals surface area contributed by atoms with Gasteiger partial charge in [-0.1, -0.05) is 5.16 Å². The van der Waals surface area contributed by atoms with Crippen LogP contribution in [0.2, 0.25) is 0 Å². The van der Waals surface area contributed by atoms with E-state index in [4.69, 9.17) is 9.26 Å². The molecule has 0 saturated carbocycles. The minimum atomic E-state index is -0.378. The van der Waals surface area contributed by atoms with Gasteiger partial charge in [-0.3, -0.25) is 9.78 Å². The van der Waals surface area contributed by atoms with Crippen LogP contribution in [0.15, 0.2) is 47.2 Å². The Balaban J connectivity index is 1.28. The summed E-state index contributed by atoms with van der Waals surface area (Å²) in [7, 11) is 1.36. The van der Waals surface area contributed by atoms with E-state index in [9.17, 15) is 9.59 Å². The second-order valence-corrected chi connectivity index (χ2v) is 7.65. The lowest BCUT2D eigenvalue weighted by atomic mass is 10.0. The third-order valence-electron chi connectivity index (χ3n) is 5.71. The first-order valence-corrected chi connectivity index (χ1v) is 10.3. The number of aromatic nitrogens is 4. The van der Waals surface area contributed by atoms with Gasteiger partial charge in [0.2, 0.25) is 17.6 Å². The minimum Gasteiger partial charge on any atom is -0.465 e. The van der Waals surface area contributed by atoms with Gasteiger partial charge >= 0.3 is 5.97 Å². The van der Waals surface area contributed by atoms with Crippen LogP contribution in [-0.4, -0.2) is 50.5 Å². The Kier molecular flexibility index (Phi) is 5.14. The van der Waals surface area contributed by atoms with Crippen LogP contribution in [0.3, 0.4) is 0 Å². The number of carbonyl (C=O) groups is 2. The zero-order valence-corrected chi connectivity index (χ0v) is 17.5. The standard InChI is InChI=1S/C23H21N5O4/c1-31-23(30)15-2-3-18-16(12-15)17-13-28(11-8-19(17)25-18)21(29)5-4-20-26-22(27-32-20)14-6-9-24-10-7-14/h2-3,6-7,9-10,12,25H,4-5,8,11,13H2,1H3. The smallest absolute Gasteiger partial charge is 0.337 e. The van der Waals surface area contributed by atoms with Crippen molar-refractivity contribution in [1.29, 1.82) is 0 Å². The molecule has 1 aliphatic rings. The molecule has 0 spiro atoms. The van der Waals surface area contributed by atoms with Crippen molar-refractivity contribution < 1.29 is 18.8 Å². The van der Waals surface area contributed by atoms with Gasteiger partial charge in [-0.2, -0.15) is 4.98 Å². The quantitative estimate of drug-likeness (QED) is 0.483. The van der Waals surface area contributed by atoms with Crippen LogP contribution in [0.4, 0.5) is 0 Å². The first-order chi connectivity index (χ1) is 15.6. The molecule has 1 aromatic carbocycles. The van der Waals surface area contributed by atoms with Crippen molar-refractivity contribution in [1.82, 2.24) is 25.0 Å². The van der Waals surface area contributed by atoms with E-state index in [1.807, 2.05) is 17.0 Å². The molecule has 9 heteroatoms. The average Bonchev–Trinajstić information content (AvgIpc) is 3.46. The number of aromatic amines is 1. The summed E-state index contributed by atoms with van der Waals surface area (Å²) in [6, 6.07) is 9.05. The summed E-state index contributed by atoms with van der Waals surface area (Å²) < 4.78 is 10.1. The molecule has 1 amide bonds. The van der Waals surface area contributed by atoms with Crippen molar-refractivity contribution in [2.24, 2.45) is 0 Å². The lowest BCUT2D eigenvalue weighted by molar-refractivity contribution is -0.132. The minimum absolute atomic E-state index is 0.0257. The molecule has 162 valence electrons. The topological polar surface area (TPSA) is 114 Å². The monoisotopic (exact) mass is 431 g/mol. The number of ether oxygens (including phenoxy) is 1. The molecule has 0 unspecified atom stereocenters. The van der Waals surface area contributed by atoms with E-state index >= 15 is 0 Å². The number of hydrogen-bond donors (Lipinski definition) is 1. The second-order valence-electron chi connectivity index (χ2n) is 7.65. The van der Waals surface area contributed by atoms with Crippen molar-refractivity contribution in [2.75, 3.05) is 13.7 Å². The van der Waals surface area contributed by atoms with E-state index in [0.717, 1.165) is 34.1 Å². The van der Waals surface area contributed by atoms with Crippen molar-refractivity contribution in [3.63, 3.8) is 0 Å². The van der Waals surface area contributed by atoms with Gasteiger partial charge in [0, 0.05) is 72.5 Å². The van der Waals surface area contributed by atoms with Gasteiger partial charge in [-0.25, -0.2) is 4.79 Å². The normalized spacial score (nSPS) is 13.2. The molecular weight excluding hydrogens is 410 g/mol. The highest BCUT2D eigenvalue weighted by atomic mass is 16.5. The van der Waals surface area contributed by atoms with Crippen molar-refractivity contribution in [3.05, 3.63) is 65.4 Å². The maximum atomic E-state index is 12.9. The summed E-state index contributed by atoms with van der Waals surface area (Å²) in [6.07, 6.45) is 4.72. The van der Waals surface area contributed by atoms with Gasteiger partial charge < -0.3 is 19.1 Å². The Morgan fingerprint density at radius 3 is 2.88 bits per heavy atom. The number of methoxy groups -OCH3 is 1. The van der Waals surface area contributed by atoms with Crippen LogP contribution in [-0.2, 0) is 28.9 Å². The molecule has 32 heavy (non-hydrogen) atoms. The Bertz CT molecular complexity index is 1290. The molecular formula is C23H21N5O4. The molecule has 0 bridgehead atoms. The van der Waals surface area contributed by atoms with E-state index in [0.29, 0.717) is 36.8 Å². The van der Waals surface area contributed by atoms with Gasteiger partial charge in [-0.15, -0.1) is 0 Å². The van der Waals surface area contributed by atoms with Crippen molar-refractivity contribution >= 4 is 22.8 Å². The van der Waals surface area contributed by atoms with Gasteiger partial charge in [0.1, 0.15) is 0 Å². The average molecular weight is 431 g/mol. The number of nitrogens with one attached hydrogen (secondary N) is 1. The van der Waals surface area contributed by atoms with E-state index in [1.54, 1.807) is 30.6 Å². The first kappa shape index (κ1) is 19.9. The number of hydrogen-bond acceptors (Lipinski definition) is 7. The van der Waals surface area contributed by atoms with Crippen LogP contribution in [0, 0.1) is 0 Å². The summed E-state index contributed by atoms with van der Waals surface area (Å²) in [5.74, 6) is 0.560. The summed E-state index contributed by atoms with van der Waals surface area (Å²) in [5.41, 5.74) is 4.40. The lowest BCUT2D eigenvalue weighted by Crippen LogP contribution is -2.35. The van der Waals surface area contributed by atoms with Crippen molar-refractivity contribution in [2.45, 2.75) is 25.8 Å². The molecule has 0 radical (unpaired) electrons. The van der Waals surface area contributed by atoms with Gasteiger partial charge in [0.05, 0.1) is 12.7 Å². The number of nitrogens with zero attached hydrogens (tertiary/aromatic N) is 4. The van der Waals surface area contributed by atoms with Crippen LogP contribution in [0.1, 0.15) is 33.9 Å². The summed E-state index contributed by atoms with van der Waals surface area (Å²) in [6.45, 7) is 1.12. The summed E-state index contributed by atoms with van der Waals surface area (Å²) in [5, 5.41) is 4.93. The number of fused-ring (bicyclic) bond motifs is 3. The van der Waals surface area contributed by atoms with Crippen LogP contribution >= 0.6 is 0 Å². The molecule has 0 saturated heterocycles. The van der Waals surface area contributed by atoms with Gasteiger partial charge in [-0.05, 0) is 30.3 Å². The number of rotatable bonds is 5. The molecule has 0 fully saturated rings. The molecule has 0 atom stereocenters. The number of amides is 1. The first-order valence-electron chi connectivity index (χ1n) is 10.3.